The maximum Gasteiger partial charge on any atom is 0.272 e. The monoisotopic (exact) mass is 278 g/mol. The summed E-state index contributed by atoms with van der Waals surface area (Å²) < 4.78 is 0. The molecule has 0 saturated heterocycles. The zero-order valence-corrected chi connectivity index (χ0v) is 12.8. The highest BCUT2D eigenvalue weighted by atomic mass is 16.6. The summed E-state index contributed by atoms with van der Waals surface area (Å²) in [6, 6.07) is 5.20. The van der Waals surface area contributed by atoms with Gasteiger partial charge in [-0.1, -0.05) is 39.5 Å². The van der Waals surface area contributed by atoms with Crippen molar-refractivity contribution in [1.29, 1.82) is 0 Å². The Labute approximate surface area is 121 Å². The highest BCUT2D eigenvalue weighted by molar-refractivity contribution is 5.53. The van der Waals surface area contributed by atoms with E-state index in [9.17, 15) is 10.1 Å². The second-order valence-corrected chi connectivity index (χ2v) is 5.78. The molecule has 4 heteroatoms. The fourth-order valence-electron chi connectivity index (χ4n) is 2.23. The molecule has 0 aliphatic heterocycles. The van der Waals surface area contributed by atoms with E-state index in [0.717, 1.165) is 24.6 Å². The molecule has 1 rings (SSSR count). The van der Waals surface area contributed by atoms with Gasteiger partial charge < -0.3 is 5.32 Å². The second kappa shape index (κ2) is 8.56. The smallest absolute Gasteiger partial charge is 0.272 e. The Morgan fingerprint density at radius 2 is 1.90 bits per heavy atom. The number of nitro benzene ring substituents is 1. The molecule has 4 nitrogen and oxygen atoms in total. The largest absolute Gasteiger partial charge is 0.385 e. The van der Waals surface area contributed by atoms with Gasteiger partial charge in [-0.2, -0.15) is 0 Å². The standard InChI is InChI=1S/C16H26N2O2/c1-13(2)8-6-4-5-7-11-17-15-9-10-16(18(19)20)14(3)12-15/h9-10,12-13,17H,4-8,11H2,1-3H3. The van der Waals surface area contributed by atoms with Crippen LogP contribution in [0.1, 0.15) is 51.5 Å². The molecule has 0 bridgehead atoms. The van der Waals surface area contributed by atoms with Crippen LogP contribution in [-0.4, -0.2) is 11.5 Å². The van der Waals surface area contributed by atoms with E-state index >= 15 is 0 Å². The lowest BCUT2D eigenvalue weighted by atomic mass is 10.0. The molecule has 0 unspecified atom stereocenters. The number of hydrogen-bond donors (Lipinski definition) is 1. The van der Waals surface area contributed by atoms with E-state index < -0.39 is 0 Å². The molecule has 0 atom stereocenters. The average Bonchev–Trinajstić information content (AvgIpc) is 2.37. The first-order valence-electron chi connectivity index (χ1n) is 7.49. The van der Waals surface area contributed by atoms with Crippen molar-refractivity contribution >= 4 is 11.4 Å². The molecule has 0 spiro atoms. The number of benzene rings is 1. The van der Waals surface area contributed by atoms with Crippen molar-refractivity contribution in [3.05, 3.63) is 33.9 Å². The van der Waals surface area contributed by atoms with Gasteiger partial charge in [0.2, 0.25) is 0 Å². The summed E-state index contributed by atoms with van der Waals surface area (Å²) >= 11 is 0. The van der Waals surface area contributed by atoms with E-state index in [1.54, 1.807) is 19.1 Å². The lowest BCUT2D eigenvalue weighted by Crippen LogP contribution is -2.02. The third-order valence-electron chi connectivity index (χ3n) is 3.43. The molecular formula is C16H26N2O2. The van der Waals surface area contributed by atoms with E-state index in [0.29, 0.717) is 5.56 Å². The number of nitrogens with zero attached hydrogens (tertiary/aromatic N) is 1. The molecule has 112 valence electrons. The third kappa shape index (κ3) is 6.04. The molecule has 1 aromatic carbocycles. The third-order valence-corrected chi connectivity index (χ3v) is 3.43. The summed E-state index contributed by atoms with van der Waals surface area (Å²) in [6.45, 7) is 7.23. The highest BCUT2D eigenvalue weighted by Gasteiger charge is 2.09. The van der Waals surface area contributed by atoms with Gasteiger partial charge >= 0.3 is 0 Å². The number of rotatable bonds is 9. The van der Waals surface area contributed by atoms with Crippen molar-refractivity contribution in [3.8, 4) is 0 Å². The van der Waals surface area contributed by atoms with Gasteiger partial charge in [0.05, 0.1) is 4.92 Å². The van der Waals surface area contributed by atoms with Gasteiger partial charge in [-0.15, -0.1) is 0 Å². The van der Waals surface area contributed by atoms with E-state index in [4.69, 9.17) is 0 Å². The number of nitrogens with one attached hydrogen (secondary N) is 1. The average molecular weight is 278 g/mol. The molecular weight excluding hydrogens is 252 g/mol. The predicted octanol–water partition coefficient (Wildman–Crippen LogP) is 4.92. The summed E-state index contributed by atoms with van der Waals surface area (Å²) in [7, 11) is 0. The Kier molecular flexibility index (Phi) is 7.05. The van der Waals surface area contributed by atoms with Crippen LogP contribution in [0.5, 0.6) is 0 Å². The van der Waals surface area contributed by atoms with E-state index in [1.807, 2.05) is 6.07 Å². The fourth-order valence-corrected chi connectivity index (χ4v) is 2.23. The molecule has 0 aromatic heterocycles. The molecule has 0 aliphatic carbocycles. The summed E-state index contributed by atoms with van der Waals surface area (Å²) in [4.78, 5) is 10.4. The molecule has 0 fully saturated rings. The van der Waals surface area contributed by atoms with Crippen molar-refractivity contribution in [3.63, 3.8) is 0 Å². The maximum absolute atomic E-state index is 10.7. The first kappa shape index (κ1) is 16.5. The number of nitro groups is 1. The lowest BCUT2D eigenvalue weighted by molar-refractivity contribution is -0.385. The molecule has 20 heavy (non-hydrogen) atoms. The van der Waals surface area contributed by atoms with E-state index in [1.165, 1.54) is 25.7 Å². The minimum absolute atomic E-state index is 0.184. The molecule has 1 aromatic rings. The van der Waals surface area contributed by atoms with Crippen LogP contribution in [0.4, 0.5) is 11.4 Å². The van der Waals surface area contributed by atoms with Crippen LogP contribution in [-0.2, 0) is 0 Å². The van der Waals surface area contributed by atoms with Gasteiger partial charge in [-0.05, 0) is 31.4 Å². The SMILES string of the molecule is Cc1cc(NCCCCCCC(C)C)ccc1[N+](=O)[O-]. The van der Waals surface area contributed by atoms with E-state index in [-0.39, 0.29) is 10.6 Å². The van der Waals surface area contributed by atoms with Gasteiger partial charge in [0, 0.05) is 23.9 Å². The van der Waals surface area contributed by atoms with Gasteiger partial charge in [-0.25, -0.2) is 0 Å². The Morgan fingerprint density at radius 3 is 2.50 bits per heavy atom. The number of anilines is 1. The number of aryl methyl sites for hydroxylation is 1. The van der Waals surface area contributed by atoms with Crippen molar-refractivity contribution in [2.24, 2.45) is 5.92 Å². The Balaban J connectivity index is 2.22. The van der Waals surface area contributed by atoms with E-state index in [2.05, 4.69) is 19.2 Å². The number of hydrogen-bond acceptors (Lipinski definition) is 3. The van der Waals surface area contributed by atoms with Crippen LogP contribution in [0.3, 0.4) is 0 Å². The molecule has 0 radical (unpaired) electrons. The van der Waals surface area contributed by atoms with Crippen LogP contribution in [0.2, 0.25) is 0 Å². The van der Waals surface area contributed by atoms with Crippen molar-refractivity contribution in [1.82, 2.24) is 0 Å². The molecule has 0 heterocycles. The van der Waals surface area contributed by atoms with Crippen molar-refractivity contribution in [2.75, 3.05) is 11.9 Å². The minimum Gasteiger partial charge on any atom is -0.385 e. The zero-order valence-electron chi connectivity index (χ0n) is 12.8. The lowest BCUT2D eigenvalue weighted by Gasteiger charge is -2.08. The topological polar surface area (TPSA) is 55.2 Å². The van der Waals surface area contributed by atoms with Crippen LogP contribution in [0.15, 0.2) is 18.2 Å². The normalized spacial score (nSPS) is 10.8. The summed E-state index contributed by atoms with van der Waals surface area (Å²) in [5.74, 6) is 0.802. The number of unbranched alkanes of at least 4 members (excludes halogenated alkanes) is 3. The summed E-state index contributed by atoms with van der Waals surface area (Å²) in [6.07, 6.45) is 6.31. The Hall–Kier alpha value is -1.58. The fraction of sp³-hybridized carbons (Fsp3) is 0.625. The Morgan fingerprint density at radius 1 is 1.20 bits per heavy atom. The first-order valence-corrected chi connectivity index (χ1v) is 7.49. The summed E-state index contributed by atoms with van der Waals surface area (Å²) in [5, 5.41) is 14.1. The van der Waals surface area contributed by atoms with Crippen LogP contribution >= 0.6 is 0 Å². The van der Waals surface area contributed by atoms with Crippen LogP contribution in [0, 0.1) is 23.0 Å². The maximum atomic E-state index is 10.7. The van der Waals surface area contributed by atoms with Crippen molar-refractivity contribution < 1.29 is 4.92 Å². The zero-order chi connectivity index (χ0) is 15.0. The van der Waals surface area contributed by atoms with Gasteiger partial charge in [0.1, 0.15) is 0 Å². The van der Waals surface area contributed by atoms with Crippen LogP contribution < -0.4 is 5.32 Å². The van der Waals surface area contributed by atoms with Gasteiger partial charge in [-0.3, -0.25) is 10.1 Å². The predicted molar refractivity (Wildman–Crippen MR) is 84.2 cm³/mol. The van der Waals surface area contributed by atoms with Crippen LogP contribution in [0.25, 0.3) is 0 Å². The van der Waals surface area contributed by atoms with Gasteiger partial charge in [0.25, 0.3) is 5.69 Å². The molecule has 0 amide bonds. The minimum atomic E-state index is -0.339. The first-order chi connectivity index (χ1) is 9.50. The second-order valence-electron chi connectivity index (χ2n) is 5.78. The van der Waals surface area contributed by atoms with Gasteiger partial charge in [0.15, 0.2) is 0 Å². The molecule has 0 saturated carbocycles. The Bertz CT molecular complexity index is 430. The van der Waals surface area contributed by atoms with Crippen molar-refractivity contribution in [2.45, 2.75) is 52.9 Å². The molecule has 0 aliphatic rings. The highest BCUT2D eigenvalue weighted by Crippen LogP contribution is 2.21. The summed E-state index contributed by atoms with van der Waals surface area (Å²) in [5.41, 5.74) is 1.86. The quantitative estimate of drug-likeness (QED) is 0.396. The molecule has 1 N–H and O–H groups in total.